The lowest BCUT2D eigenvalue weighted by Crippen LogP contribution is -2.36. The summed E-state index contributed by atoms with van der Waals surface area (Å²) in [6, 6.07) is 0. The molecule has 13 heavy (non-hydrogen) atoms. The molecule has 5 heteroatoms. The summed E-state index contributed by atoms with van der Waals surface area (Å²) in [7, 11) is 1.68. The first-order valence-electron chi connectivity index (χ1n) is 4.38. The Balaban J connectivity index is 3.08. The van der Waals surface area contributed by atoms with Gasteiger partial charge in [0.2, 0.25) is 0 Å². The van der Waals surface area contributed by atoms with Crippen molar-refractivity contribution in [1.29, 1.82) is 0 Å². The van der Waals surface area contributed by atoms with Gasteiger partial charge >= 0.3 is 0 Å². The SMILES string of the molecule is COCCCCNC(=S)NCCF. The molecule has 0 spiro atoms. The van der Waals surface area contributed by atoms with Gasteiger partial charge in [-0.3, -0.25) is 0 Å². The van der Waals surface area contributed by atoms with Gasteiger partial charge in [-0.05, 0) is 25.1 Å². The fourth-order valence-corrected chi connectivity index (χ4v) is 1.00. The van der Waals surface area contributed by atoms with Crippen LogP contribution in [0.5, 0.6) is 0 Å². The van der Waals surface area contributed by atoms with E-state index in [-0.39, 0.29) is 6.54 Å². The lowest BCUT2D eigenvalue weighted by molar-refractivity contribution is 0.193. The Hall–Kier alpha value is -0.420. The molecule has 0 aromatic rings. The van der Waals surface area contributed by atoms with E-state index in [2.05, 4.69) is 10.6 Å². The molecule has 0 rings (SSSR count). The van der Waals surface area contributed by atoms with Crippen molar-refractivity contribution in [3.8, 4) is 0 Å². The predicted octanol–water partition coefficient (Wildman–Crippen LogP) is 0.847. The van der Waals surface area contributed by atoms with Crippen LogP contribution in [0, 0.1) is 0 Å². The van der Waals surface area contributed by atoms with Crippen LogP contribution in [0.2, 0.25) is 0 Å². The molecule has 0 unspecified atom stereocenters. The zero-order chi connectivity index (χ0) is 9.94. The second-order valence-corrected chi connectivity index (χ2v) is 2.98. The van der Waals surface area contributed by atoms with Gasteiger partial charge in [-0.25, -0.2) is 4.39 Å². The van der Waals surface area contributed by atoms with E-state index in [1.807, 2.05) is 0 Å². The molecule has 78 valence electrons. The van der Waals surface area contributed by atoms with Gasteiger partial charge in [-0.15, -0.1) is 0 Å². The number of methoxy groups -OCH3 is 1. The molecule has 0 amide bonds. The maximum Gasteiger partial charge on any atom is 0.166 e. The van der Waals surface area contributed by atoms with Crippen molar-refractivity contribution >= 4 is 17.3 Å². The standard InChI is InChI=1S/C8H17FN2OS/c1-12-7-3-2-5-10-8(13)11-6-4-9/h2-7H2,1H3,(H2,10,11,13). The highest BCUT2D eigenvalue weighted by Gasteiger charge is 1.93. The summed E-state index contributed by atoms with van der Waals surface area (Å²) in [5, 5.41) is 6.23. The van der Waals surface area contributed by atoms with Gasteiger partial charge in [-0.1, -0.05) is 0 Å². The highest BCUT2D eigenvalue weighted by molar-refractivity contribution is 7.80. The van der Waals surface area contributed by atoms with Gasteiger partial charge in [0.1, 0.15) is 6.67 Å². The molecule has 0 fully saturated rings. The Morgan fingerprint density at radius 3 is 2.62 bits per heavy atom. The van der Waals surface area contributed by atoms with Crippen LogP contribution >= 0.6 is 12.2 Å². The van der Waals surface area contributed by atoms with E-state index in [1.165, 1.54) is 0 Å². The Labute approximate surface area is 84.0 Å². The van der Waals surface area contributed by atoms with Crippen LogP contribution in [-0.4, -0.2) is 38.6 Å². The molecule has 3 nitrogen and oxygen atoms in total. The van der Waals surface area contributed by atoms with Crippen molar-refractivity contribution in [2.24, 2.45) is 0 Å². The quantitative estimate of drug-likeness (QED) is 0.480. The summed E-state index contributed by atoms with van der Waals surface area (Å²) in [5.74, 6) is 0. The fourth-order valence-electron chi connectivity index (χ4n) is 0.797. The highest BCUT2D eigenvalue weighted by atomic mass is 32.1. The number of halogens is 1. The van der Waals surface area contributed by atoms with Crippen molar-refractivity contribution in [2.75, 3.05) is 33.5 Å². The Kier molecular flexibility index (Phi) is 9.35. The third kappa shape index (κ3) is 9.49. The first-order chi connectivity index (χ1) is 6.31. The van der Waals surface area contributed by atoms with E-state index >= 15 is 0 Å². The summed E-state index contributed by atoms with van der Waals surface area (Å²) in [6.07, 6.45) is 2.01. The number of hydrogen-bond donors (Lipinski definition) is 2. The Morgan fingerprint density at radius 2 is 2.00 bits per heavy atom. The number of alkyl halides is 1. The summed E-state index contributed by atoms with van der Waals surface area (Å²) >= 11 is 4.88. The van der Waals surface area contributed by atoms with Crippen LogP contribution < -0.4 is 10.6 Å². The Morgan fingerprint density at radius 1 is 1.31 bits per heavy atom. The zero-order valence-corrected chi connectivity index (χ0v) is 8.75. The van der Waals surface area contributed by atoms with Gasteiger partial charge in [0.05, 0.1) is 0 Å². The normalized spacial score (nSPS) is 9.69. The molecule has 0 aliphatic carbocycles. The highest BCUT2D eigenvalue weighted by Crippen LogP contribution is 1.86. The molecule has 0 aromatic heterocycles. The summed E-state index contributed by atoms with van der Waals surface area (Å²) in [5.41, 5.74) is 0. The van der Waals surface area contributed by atoms with Gasteiger partial charge < -0.3 is 15.4 Å². The first-order valence-corrected chi connectivity index (χ1v) is 4.78. The van der Waals surface area contributed by atoms with E-state index < -0.39 is 6.67 Å². The monoisotopic (exact) mass is 208 g/mol. The average Bonchev–Trinajstić information content (AvgIpc) is 2.14. The molecule has 0 bridgehead atoms. The minimum atomic E-state index is -0.397. The topological polar surface area (TPSA) is 33.3 Å². The van der Waals surface area contributed by atoms with Crippen LogP contribution in [0.4, 0.5) is 4.39 Å². The van der Waals surface area contributed by atoms with Crippen molar-refractivity contribution in [3.63, 3.8) is 0 Å². The van der Waals surface area contributed by atoms with Crippen LogP contribution in [0.1, 0.15) is 12.8 Å². The molecule has 0 saturated heterocycles. The first kappa shape index (κ1) is 12.6. The van der Waals surface area contributed by atoms with Crippen LogP contribution in [0.25, 0.3) is 0 Å². The minimum Gasteiger partial charge on any atom is -0.385 e. The summed E-state index contributed by atoms with van der Waals surface area (Å²) in [4.78, 5) is 0. The number of unbranched alkanes of at least 4 members (excludes halogenated alkanes) is 1. The summed E-state index contributed by atoms with van der Waals surface area (Å²) < 4.78 is 16.6. The average molecular weight is 208 g/mol. The molecular formula is C8H17FN2OS. The predicted molar refractivity (Wildman–Crippen MR) is 55.7 cm³/mol. The van der Waals surface area contributed by atoms with Crippen LogP contribution in [-0.2, 0) is 4.74 Å². The van der Waals surface area contributed by atoms with Crippen molar-refractivity contribution in [2.45, 2.75) is 12.8 Å². The second kappa shape index (κ2) is 9.67. The van der Waals surface area contributed by atoms with Gasteiger partial charge in [0, 0.05) is 26.8 Å². The fraction of sp³-hybridized carbons (Fsp3) is 0.875. The van der Waals surface area contributed by atoms with Crippen molar-refractivity contribution in [1.82, 2.24) is 10.6 Å². The van der Waals surface area contributed by atoms with E-state index in [0.29, 0.717) is 5.11 Å². The lowest BCUT2D eigenvalue weighted by atomic mass is 10.3. The lowest BCUT2D eigenvalue weighted by Gasteiger charge is -2.08. The third-order valence-corrected chi connectivity index (χ3v) is 1.73. The molecule has 0 aliphatic heterocycles. The number of rotatable bonds is 7. The third-order valence-electron chi connectivity index (χ3n) is 1.44. The molecule has 2 N–H and O–H groups in total. The van der Waals surface area contributed by atoms with Gasteiger partial charge in [-0.2, -0.15) is 0 Å². The van der Waals surface area contributed by atoms with E-state index in [4.69, 9.17) is 17.0 Å². The van der Waals surface area contributed by atoms with E-state index in [9.17, 15) is 4.39 Å². The van der Waals surface area contributed by atoms with Crippen LogP contribution in [0.3, 0.4) is 0 Å². The molecule has 0 radical (unpaired) electrons. The number of nitrogens with one attached hydrogen (secondary N) is 2. The smallest absolute Gasteiger partial charge is 0.166 e. The molecular weight excluding hydrogens is 191 g/mol. The maximum absolute atomic E-state index is 11.7. The van der Waals surface area contributed by atoms with E-state index in [1.54, 1.807) is 7.11 Å². The molecule has 0 aromatic carbocycles. The molecule has 0 saturated carbocycles. The minimum absolute atomic E-state index is 0.282. The number of ether oxygens (including phenoxy) is 1. The largest absolute Gasteiger partial charge is 0.385 e. The van der Waals surface area contributed by atoms with Gasteiger partial charge in [0.15, 0.2) is 5.11 Å². The van der Waals surface area contributed by atoms with Crippen molar-refractivity contribution < 1.29 is 9.13 Å². The van der Waals surface area contributed by atoms with Crippen LogP contribution in [0.15, 0.2) is 0 Å². The number of thiocarbonyl (C=S) groups is 1. The van der Waals surface area contributed by atoms with E-state index in [0.717, 1.165) is 26.0 Å². The number of hydrogen-bond acceptors (Lipinski definition) is 2. The van der Waals surface area contributed by atoms with Crippen molar-refractivity contribution in [3.05, 3.63) is 0 Å². The molecule has 0 heterocycles. The summed E-state index contributed by atoms with van der Waals surface area (Å²) in [6.45, 7) is 1.46. The molecule has 0 atom stereocenters. The Bertz CT molecular complexity index is 135. The molecule has 0 aliphatic rings. The maximum atomic E-state index is 11.7. The van der Waals surface area contributed by atoms with Gasteiger partial charge in [0.25, 0.3) is 0 Å². The second-order valence-electron chi connectivity index (χ2n) is 2.57. The zero-order valence-electron chi connectivity index (χ0n) is 7.94.